The Bertz CT molecular complexity index is 396. The number of aliphatic hydroxyl groups excluding tert-OH is 1. The largest absolute Gasteiger partial charge is 0.493 e. The van der Waals surface area contributed by atoms with Gasteiger partial charge in [0.15, 0.2) is 11.5 Å². The molecular weight excluding hydrogens is 298 g/mol. The van der Waals surface area contributed by atoms with Crippen LogP contribution < -0.4 is 14.8 Å². The van der Waals surface area contributed by atoms with Gasteiger partial charge in [0.2, 0.25) is 0 Å². The van der Waals surface area contributed by atoms with Gasteiger partial charge >= 0.3 is 0 Å². The highest BCUT2D eigenvalue weighted by Crippen LogP contribution is 2.40. The summed E-state index contributed by atoms with van der Waals surface area (Å²) in [6, 6.07) is 3.66. The first kappa shape index (κ1) is 15.3. The van der Waals surface area contributed by atoms with Crippen LogP contribution in [0.15, 0.2) is 16.6 Å². The molecule has 1 atom stereocenters. The van der Waals surface area contributed by atoms with E-state index in [1.807, 2.05) is 26.0 Å². The number of hydrogen-bond acceptors (Lipinski definition) is 4. The molecule has 0 amide bonds. The minimum absolute atomic E-state index is 0.00809. The number of rotatable bonds is 6. The van der Waals surface area contributed by atoms with Crippen molar-refractivity contribution in [1.82, 2.24) is 5.32 Å². The molecule has 0 saturated carbocycles. The van der Waals surface area contributed by atoms with E-state index in [2.05, 4.69) is 21.2 Å². The van der Waals surface area contributed by atoms with Gasteiger partial charge in [-0.3, -0.25) is 0 Å². The van der Waals surface area contributed by atoms with E-state index < -0.39 is 6.10 Å². The van der Waals surface area contributed by atoms with Gasteiger partial charge in [-0.25, -0.2) is 0 Å². The molecule has 0 aromatic heterocycles. The normalized spacial score (nSPS) is 12.6. The molecule has 102 valence electrons. The summed E-state index contributed by atoms with van der Waals surface area (Å²) in [4.78, 5) is 0. The molecule has 0 saturated heterocycles. The summed E-state index contributed by atoms with van der Waals surface area (Å²) in [6.07, 6.45) is -0.651. The molecule has 0 aliphatic carbocycles. The fourth-order valence-electron chi connectivity index (χ4n) is 1.68. The molecule has 2 N–H and O–H groups in total. The van der Waals surface area contributed by atoms with Gasteiger partial charge in [0.1, 0.15) is 0 Å². The number of nitrogens with one attached hydrogen (secondary N) is 1. The molecule has 1 unspecified atom stereocenters. The third-order valence-corrected chi connectivity index (χ3v) is 3.10. The second-order valence-electron chi connectivity index (χ2n) is 4.23. The number of aliphatic hydroxyl groups is 1. The fourth-order valence-corrected chi connectivity index (χ4v) is 2.26. The lowest BCUT2D eigenvalue weighted by atomic mass is 10.1. The van der Waals surface area contributed by atoms with Gasteiger partial charge in [-0.15, -0.1) is 0 Å². The van der Waals surface area contributed by atoms with Gasteiger partial charge in [0, 0.05) is 16.6 Å². The zero-order valence-electron chi connectivity index (χ0n) is 11.2. The number of benzene rings is 1. The van der Waals surface area contributed by atoms with Crippen LogP contribution in [0.25, 0.3) is 0 Å². The molecule has 0 aliphatic rings. The number of hydrogen-bond donors (Lipinski definition) is 2. The van der Waals surface area contributed by atoms with E-state index in [0.717, 1.165) is 4.47 Å². The Hall–Kier alpha value is -0.780. The van der Waals surface area contributed by atoms with E-state index >= 15 is 0 Å². The van der Waals surface area contributed by atoms with Gasteiger partial charge in [-0.2, -0.15) is 0 Å². The van der Waals surface area contributed by atoms with Gasteiger partial charge in [-0.1, -0.05) is 15.9 Å². The van der Waals surface area contributed by atoms with Crippen molar-refractivity contribution in [1.29, 1.82) is 0 Å². The molecule has 4 nitrogen and oxygen atoms in total. The SMILES string of the molecule is CNCC(O)c1c(Br)ccc(OC)c1OC(C)C. The van der Waals surface area contributed by atoms with Crippen LogP contribution in [0.1, 0.15) is 25.5 Å². The minimum atomic E-state index is -0.659. The van der Waals surface area contributed by atoms with Gasteiger partial charge < -0.3 is 19.9 Å². The van der Waals surface area contributed by atoms with Crippen LogP contribution in [-0.4, -0.2) is 31.9 Å². The van der Waals surface area contributed by atoms with Crippen LogP contribution in [0.3, 0.4) is 0 Å². The topological polar surface area (TPSA) is 50.7 Å². The monoisotopic (exact) mass is 317 g/mol. The molecule has 1 rings (SSSR count). The summed E-state index contributed by atoms with van der Waals surface area (Å²) >= 11 is 3.45. The molecule has 0 radical (unpaired) electrons. The molecule has 18 heavy (non-hydrogen) atoms. The molecule has 5 heteroatoms. The van der Waals surface area contributed by atoms with Crippen LogP contribution in [0.2, 0.25) is 0 Å². The third kappa shape index (κ3) is 3.60. The Balaban J connectivity index is 3.26. The quantitative estimate of drug-likeness (QED) is 0.846. The van der Waals surface area contributed by atoms with Crippen LogP contribution in [-0.2, 0) is 0 Å². The average molecular weight is 318 g/mol. The molecule has 0 spiro atoms. The Labute approximate surface area is 116 Å². The van der Waals surface area contributed by atoms with Crippen LogP contribution in [0.4, 0.5) is 0 Å². The number of methoxy groups -OCH3 is 1. The first-order chi connectivity index (χ1) is 8.51. The van der Waals surface area contributed by atoms with Crippen molar-refractivity contribution < 1.29 is 14.6 Å². The Morgan fingerprint density at radius 3 is 2.56 bits per heavy atom. The lowest BCUT2D eigenvalue weighted by Gasteiger charge is -2.21. The summed E-state index contributed by atoms with van der Waals surface area (Å²) in [5, 5.41) is 13.1. The first-order valence-electron chi connectivity index (χ1n) is 5.87. The number of halogens is 1. The van der Waals surface area contributed by atoms with Crippen molar-refractivity contribution in [2.45, 2.75) is 26.1 Å². The maximum absolute atomic E-state index is 10.2. The number of likely N-dealkylation sites (N-methyl/N-ethyl adjacent to an activating group) is 1. The molecular formula is C13H20BrNO3. The maximum atomic E-state index is 10.2. The van der Waals surface area contributed by atoms with Crippen molar-refractivity contribution in [3.8, 4) is 11.5 Å². The van der Waals surface area contributed by atoms with E-state index in [4.69, 9.17) is 9.47 Å². The number of ether oxygens (including phenoxy) is 2. The molecule has 0 fully saturated rings. The standard InChI is InChI=1S/C13H20BrNO3/c1-8(2)18-13-11(17-4)6-5-9(14)12(13)10(16)7-15-3/h5-6,8,10,15-16H,7H2,1-4H3. The molecule has 0 heterocycles. The second-order valence-corrected chi connectivity index (χ2v) is 5.09. The van der Waals surface area contributed by atoms with Crippen LogP contribution in [0, 0.1) is 0 Å². The summed E-state index contributed by atoms with van der Waals surface area (Å²) < 4.78 is 11.9. The van der Waals surface area contributed by atoms with Crippen molar-refractivity contribution >= 4 is 15.9 Å². The fraction of sp³-hybridized carbons (Fsp3) is 0.538. The van der Waals surface area contributed by atoms with Crippen molar-refractivity contribution in [2.75, 3.05) is 20.7 Å². The molecule has 0 aliphatic heterocycles. The Morgan fingerprint density at radius 1 is 1.39 bits per heavy atom. The van der Waals surface area contributed by atoms with E-state index in [1.54, 1.807) is 14.2 Å². The smallest absolute Gasteiger partial charge is 0.168 e. The van der Waals surface area contributed by atoms with E-state index in [-0.39, 0.29) is 6.10 Å². The van der Waals surface area contributed by atoms with Crippen LogP contribution >= 0.6 is 15.9 Å². The van der Waals surface area contributed by atoms with E-state index in [1.165, 1.54) is 0 Å². The predicted molar refractivity (Wildman–Crippen MR) is 75.3 cm³/mol. The lowest BCUT2D eigenvalue weighted by Crippen LogP contribution is -2.19. The zero-order valence-corrected chi connectivity index (χ0v) is 12.7. The highest BCUT2D eigenvalue weighted by atomic mass is 79.9. The van der Waals surface area contributed by atoms with Gasteiger partial charge in [0.05, 0.1) is 19.3 Å². The highest BCUT2D eigenvalue weighted by molar-refractivity contribution is 9.10. The minimum Gasteiger partial charge on any atom is -0.493 e. The third-order valence-electron chi connectivity index (χ3n) is 2.41. The van der Waals surface area contributed by atoms with E-state index in [0.29, 0.717) is 23.6 Å². The zero-order chi connectivity index (χ0) is 13.7. The van der Waals surface area contributed by atoms with Crippen molar-refractivity contribution in [2.24, 2.45) is 0 Å². The van der Waals surface area contributed by atoms with Gasteiger partial charge in [-0.05, 0) is 33.0 Å². The molecule has 1 aromatic rings. The van der Waals surface area contributed by atoms with Gasteiger partial charge in [0.25, 0.3) is 0 Å². The average Bonchev–Trinajstić information content (AvgIpc) is 2.29. The molecule has 0 bridgehead atoms. The lowest BCUT2D eigenvalue weighted by molar-refractivity contribution is 0.162. The second kappa shape index (κ2) is 6.97. The first-order valence-corrected chi connectivity index (χ1v) is 6.66. The van der Waals surface area contributed by atoms with Crippen molar-refractivity contribution in [3.63, 3.8) is 0 Å². The molecule has 1 aromatic carbocycles. The van der Waals surface area contributed by atoms with Crippen LogP contribution in [0.5, 0.6) is 11.5 Å². The summed E-state index contributed by atoms with van der Waals surface area (Å²) in [5.74, 6) is 1.21. The summed E-state index contributed by atoms with van der Waals surface area (Å²) in [5.41, 5.74) is 0.706. The Morgan fingerprint density at radius 2 is 2.06 bits per heavy atom. The Kier molecular flexibility index (Phi) is 5.91. The van der Waals surface area contributed by atoms with Crippen molar-refractivity contribution in [3.05, 3.63) is 22.2 Å². The summed E-state index contributed by atoms with van der Waals surface area (Å²) in [6.45, 7) is 4.32. The maximum Gasteiger partial charge on any atom is 0.168 e. The predicted octanol–water partition coefficient (Wildman–Crippen LogP) is 2.50. The summed E-state index contributed by atoms with van der Waals surface area (Å²) in [7, 11) is 3.38. The van der Waals surface area contributed by atoms with E-state index in [9.17, 15) is 5.11 Å². The highest BCUT2D eigenvalue weighted by Gasteiger charge is 2.21.